The maximum absolute atomic E-state index is 13.0. The fourth-order valence-corrected chi connectivity index (χ4v) is 3.07. The van der Waals surface area contributed by atoms with E-state index >= 15 is 0 Å². The van der Waals surface area contributed by atoms with E-state index in [2.05, 4.69) is 20.8 Å². The average Bonchev–Trinajstić information content (AvgIpc) is 3.33. The van der Waals surface area contributed by atoms with Gasteiger partial charge in [0.15, 0.2) is 0 Å². The van der Waals surface area contributed by atoms with E-state index in [-0.39, 0.29) is 11.6 Å². The van der Waals surface area contributed by atoms with Crippen molar-refractivity contribution in [2.45, 2.75) is 33.4 Å². The van der Waals surface area contributed by atoms with Gasteiger partial charge in [0.1, 0.15) is 17.9 Å². The van der Waals surface area contributed by atoms with Crippen LogP contribution in [0.2, 0.25) is 0 Å². The van der Waals surface area contributed by atoms with E-state index in [0.29, 0.717) is 23.6 Å². The predicted molar refractivity (Wildman–Crippen MR) is 110 cm³/mol. The van der Waals surface area contributed by atoms with Gasteiger partial charge in [0.05, 0.1) is 4.92 Å². The fourth-order valence-electron chi connectivity index (χ4n) is 3.07. The monoisotopic (exact) mass is 447 g/mol. The van der Waals surface area contributed by atoms with Gasteiger partial charge in [-0.1, -0.05) is 6.07 Å². The van der Waals surface area contributed by atoms with Crippen LogP contribution in [0.4, 0.5) is 25.8 Å². The molecule has 0 unspecified atom stereocenters. The lowest BCUT2D eigenvalue weighted by Crippen LogP contribution is -2.21. The Balaban J connectivity index is 1.71. The van der Waals surface area contributed by atoms with Gasteiger partial charge in [-0.2, -0.15) is 10.2 Å². The van der Waals surface area contributed by atoms with Crippen molar-refractivity contribution >= 4 is 28.9 Å². The number of aryl methyl sites for hydroxylation is 1. The van der Waals surface area contributed by atoms with Gasteiger partial charge in [-0.25, -0.2) is 8.78 Å². The zero-order valence-corrected chi connectivity index (χ0v) is 17.1. The molecule has 0 fully saturated rings. The molecule has 3 rings (SSSR count). The third kappa shape index (κ3) is 4.77. The van der Waals surface area contributed by atoms with E-state index in [1.54, 1.807) is 24.3 Å². The second-order valence-electron chi connectivity index (χ2n) is 6.65. The van der Waals surface area contributed by atoms with E-state index in [1.807, 2.05) is 6.92 Å². The topological polar surface area (TPSA) is 137 Å². The minimum atomic E-state index is -3.15. The second kappa shape index (κ2) is 9.32. The van der Waals surface area contributed by atoms with Gasteiger partial charge in [-0.15, -0.1) is 0 Å². The van der Waals surface area contributed by atoms with Crippen LogP contribution in [0.3, 0.4) is 0 Å². The molecule has 0 atom stereocenters. The zero-order chi connectivity index (χ0) is 23.4. The highest BCUT2D eigenvalue weighted by atomic mass is 19.3. The van der Waals surface area contributed by atoms with Gasteiger partial charge < -0.3 is 10.6 Å². The van der Waals surface area contributed by atoms with Crippen molar-refractivity contribution in [3.8, 4) is 0 Å². The number of anilines is 2. The Morgan fingerprint density at radius 2 is 1.88 bits per heavy atom. The number of nitro groups is 1. The number of carbonyl (C=O) groups is 2. The predicted octanol–water partition coefficient (Wildman–Crippen LogP) is 3.14. The molecule has 1 aromatic carbocycles. The maximum atomic E-state index is 13.0. The summed E-state index contributed by atoms with van der Waals surface area (Å²) in [5.41, 5.74) is -0.866. The molecule has 32 heavy (non-hydrogen) atoms. The Bertz CT molecular complexity index is 1170. The molecule has 2 aromatic heterocycles. The number of carbonyl (C=O) groups excluding carboxylic acids is 2. The minimum absolute atomic E-state index is 0.158. The molecular weight excluding hydrogens is 428 g/mol. The number of aromatic nitrogens is 4. The summed E-state index contributed by atoms with van der Waals surface area (Å²) in [7, 11) is 0. The molecule has 0 saturated heterocycles. The van der Waals surface area contributed by atoms with Crippen molar-refractivity contribution in [2.24, 2.45) is 0 Å². The number of nitrogens with one attached hydrogen (secondary N) is 2. The van der Waals surface area contributed by atoms with Gasteiger partial charge >= 0.3 is 5.69 Å². The number of amides is 2. The van der Waals surface area contributed by atoms with Gasteiger partial charge in [-0.3, -0.25) is 29.1 Å². The van der Waals surface area contributed by atoms with Crippen LogP contribution in [0, 0.1) is 17.0 Å². The minimum Gasteiger partial charge on any atom is -0.324 e. The molecule has 2 heterocycles. The fraction of sp³-hybridized carbons (Fsp3) is 0.263. The molecular formula is C19H19F2N7O4. The summed E-state index contributed by atoms with van der Waals surface area (Å²) in [4.78, 5) is 34.9. The molecule has 13 heteroatoms. The second-order valence-corrected chi connectivity index (χ2v) is 6.65. The smallest absolute Gasteiger partial charge is 0.319 e. The van der Waals surface area contributed by atoms with Gasteiger partial charge in [0.25, 0.3) is 12.3 Å². The lowest BCUT2D eigenvalue weighted by molar-refractivity contribution is -0.386. The van der Waals surface area contributed by atoms with E-state index in [0.717, 1.165) is 4.68 Å². The Morgan fingerprint density at radius 1 is 1.19 bits per heavy atom. The number of rotatable bonds is 8. The van der Waals surface area contributed by atoms with Gasteiger partial charge in [0, 0.05) is 24.1 Å². The van der Waals surface area contributed by atoms with E-state index in [9.17, 15) is 28.5 Å². The third-order valence-electron chi connectivity index (χ3n) is 4.54. The molecule has 168 valence electrons. The number of nitrogens with zero attached hydrogens (tertiary/aromatic N) is 5. The number of hydrogen-bond donors (Lipinski definition) is 2. The van der Waals surface area contributed by atoms with E-state index in [4.69, 9.17) is 0 Å². The summed E-state index contributed by atoms with van der Waals surface area (Å²) in [6.45, 7) is 3.09. The highest BCUT2D eigenvalue weighted by molar-refractivity contribution is 6.03. The molecule has 11 nitrogen and oxygen atoms in total. The van der Waals surface area contributed by atoms with Crippen LogP contribution < -0.4 is 10.6 Å². The molecule has 2 amide bonds. The van der Waals surface area contributed by atoms with E-state index in [1.165, 1.54) is 23.9 Å². The summed E-state index contributed by atoms with van der Waals surface area (Å²) < 4.78 is 28.5. The average molecular weight is 447 g/mol. The maximum Gasteiger partial charge on any atom is 0.319 e. The molecule has 2 N–H and O–H groups in total. The molecule has 0 aliphatic carbocycles. The Hall–Kier alpha value is -4.16. The van der Waals surface area contributed by atoms with Gasteiger partial charge in [0.2, 0.25) is 11.6 Å². The first-order valence-electron chi connectivity index (χ1n) is 9.44. The standard InChI is InChI=1S/C19H19F2N7O4/c1-3-26-14(7-8-22-26)19(30)24-13-6-4-5-12(9-13)23-15(29)10-27-11(2)17(28(31)32)16(25-27)18(20)21/h4-9,18H,3,10H2,1-2H3,(H,23,29)(H,24,30). The van der Waals surface area contributed by atoms with Crippen LogP contribution in [0.5, 0.6) is 0 Å². The van der Waals surface area contributed by atoms with Crippen LogP contribution in [-0.2, 0) is 17.9 Å². The number of benzene rings is 1. The summed E-state index contributed by atoms with van der Waals surface area (Å²) in [5.74, 6) is -1.02. The molecule has 0 aliphatic rings. The molecule has 3 aromatic rings. The Kier molecular flexibility index (Phi) is 6.56. The van der Waals surface area contributed by atoms with Gasteiger partial charge in [-0.05, 0) is 38.1 Å². The highest BCUT2D eigenvalue weighted by Gasteiger charge is 2.31. The van der Waals surface area contributed by atoms with Crippen molar-refractivity contribution in [1.29, 1.82) is 0 Å². The largest absolute Gasteiger partial charge is 0.324 e. The summed E-state index contributed by atoms with van der Waals surface area (Å²) in [6, 6.07) is 7.86. The summed E-state index contributed by atoms with van der Waals surface area (Å²) >= 11 is 0. The molecule has 0 saturated carbocycles. The van der Waals surface area contributed by atoms with Crippen LogP contribution >= 0.6 is 0 Å². The van der Waals surface area contributed by atoms with Crippen molar-refractivity contribution in [3.05, 3.63) is 63.7 Å². The number of hydrogen-bond acceptors (Lipinski definition) is 6. The van der Waals surface area contributed by atoms with Crippen LogP contribution in [0.25, 0.3) is 0 Å². The third-order valence-corrected chi connectivity index (χ3v) is 4.54. The van der Waals surface area contributed by atoms with Crippen molar-refractivity contribution in [2.75, 3.05) is 10.6 Å². The van der Waals surface area contributed by atoms with Crippen LogP contribution in [0.15, 0.2) is 36.5 Å². The normalized spacial score (nSPS) is 10.9. The lowest BCUT2D eigenvalue weighted by atomic mass is 10.2. The first-order valence-corrected chi connectivity index (χ1v) is 9.44. The first kappa shape index (κ1) is 22.5. The Labute approximate surface area is 180 Å². The zero-order valence-electron chi connectivity index (χ0n) is 17.1. The lowest BCUT2D eigenvalue weighted by Gasteiger charge is -2.10. The number of halogens is 2. The van der Waals surface area contributed by atoms with Crippen molar-refractivity contribution < 1.29 is 23.3 Å². The first-order chi connectivity index (χ1) is 15.2. The number of alkyl halides is 2. The quantitative estimate of drug-likeness (QED) is 0.402. The molecule has 0 radical (unpaired) electrons. The molecule has 0 bridgehead atoms. The van der Waals surface area contributed by atoms with Crippen LogP contribution in [0.1, 0.15) is 35.2 Å². The Morgan fingerprint density at radius 3 is 2.47 bits per heavy atom. The summed E-state index contributed by atoms with van der Waals surface area (Å²) in [6.07, 6.45) is -1.64. The van der Waals surface area contributed by atoms with E-state index < -0.39 is 35.2 Å². The van der Waals surface area contributed by atoms with Crippen molar-refractivity contribution in [1.82, 2.24) is 19.6 Å². The molecule has 0 aliphatic heterocycles. The summed E-state index contributed by atoms with van der Waals surface area (Å²) in [5, 5.41) is 23.9. The van der Waals surface area contributed by atoms with Crippen LogP contribution in [-0.4, -0.2) is 36.3 Å². The van der Waals surface area contributed by atoms with Crippen molar-refractivity contribution in [3.63, 3.8) is 0 Å². The SMILES string of the molecule is CCn1nccc1C(=O)Nc1cccc(NC(=O)Cn2nc(C(F)F)c([N+](=O)[O-])c2C)c1. The molecule has 0 spiro atoms. The highest BCUT2D eigenvalue weighted by Crippen LogP contribution is 2.30.